The predicted molar refractivity (Wildman–Crippen MR) is 141 cm³/mol. The molecule has 17 heteroatoms. The first-order valence-corrected chi connectivity index (χ1v) is 13.0. The van der Waals surface area contributed by atoms with Crippen LogP contribution >= 0.6 is 0 Å². The number of aliphatic hydroxyl groups excluding tert-OH is 7. The largest absolute Gasteiger partial charge is 0.507 e. The van der Waals surface area contributed by atoms with Gasteiger partial charge in [-0.15, -0.1) is 0 Å². The second-order valence-corrected chi connectivity index (χ2v) is 10.1. The fraction of sp³-hybridized carbons (Fsp3) is 0.407. The number of carboxylic acid groups (broad SMARTS) is 1. The molecule has 0 unspecified atom stereocenters. The maximum atomic E-state index is 12.9. The lowest BCUT2D eigenvalue weighted by atomic mass is 9.99. The number of ether oxygens (including phenoxy) is 4. The molecule has 2 saturated heterocycles. The smallest absolute Gasteiger partial charge is 0.335 e. The zero-order valence-corrected chi connectivity index (χ0v) is 22.3. The Morgan fingerprint density at radius 3 is 2.09 bits per heavy atom. The number of carboxylic acids is 1. The van der Waals surface area contributed by atoms with Gasteiger partial charge >= 0.3 is 5.97 Å². The summed E-state index contributed by atoms with van der Waals surface area (Å²) in [7, 11) is 0. The van der Waals surface area contributed by atoms with Crippen LogP contribution in [0.2, 0.25) is 0 Å². The molecule has 0 radical (unpaired) electrons. The zero-order chi connectivity index (χ0) is 32.0. The van der Waals surface area contributed by atoms with Crippen molar-refractivity contribution in [3.05, 3.63) is 46.6 Å². The number of phenolic OH excluding ortho intramolecular Hbond substituents is 2. The minimum absolute atomic E-state index is 0.125. The van der Waals surface area contributed by atoms with Crippen molar-refractivity contribution in [2.45, 2.75) is 61.4 Å². The summed E-state index contributed by atoms with van der Waals surface area (Å²) in [5.74, 6) is -3.46. The van der Waals surface area contributed by atoms with Gasteiger partial charge in [0.15, 0.2) is 23.0 Å². The number of hydrogen-bond acceptors (Lipinski definition) is 16. The molecule has 1 aromatic heterocycles. The molecule has 0 aliphatic carbocycles. The Balaban J connectivity index is 1.45. The molecule has 2 aromatic carbocycles. The van der Waals surface area contributed by atoms with Crippen LogP contribution in [0.5, 0.6) is 23.0 Å². The lowest BCUT2D eigenvalue weighted by Gasteiger charge is -2.39. The number of hydrogen-bond donors (Lipinski definition) is 10. The predicted octanol–water partition coefficient (Wildman–Crippen LogP) is -2.68. The number of aliphatic hydroxyl groups is 7. The fourth-order valence-corrected chi connectivity index (χ4v) is 4.79. The molecule has 2 aliphatic rings. The quantitative estimate of drug-likeness (QED) is 0.128. The summed E-state index contributed by atoms with van der Waals surface area (Å²) in [6.45, 7) is -0.716. The van der Waals surface area contributed by atoms with Gasteiger partial charge in [0.05, 0.1) is 6.61 Å². The van der Waals surface area contributed by atoms with Crippen molar-refractivity contribution in [1.82, 2.24) is 0 Å². The fourth-order valence-electron chi connectivity index (χ4n) is 4.79. The lowest BCUT2D eigenvalue weighted by Crippen LogP contribution is -2.61. The minimum atomic E-state index is -1.96. The first-order valence-electron chi connectivity index (χ1n) is 13.0. The summed E-state index contributed by atoms with van der Waals surface area (Å²) in [4.78, 5) is 24.3. The van der Waals surface area contributed by atoms with Crippen molar-refractivity contribution in [3.8, 4) is 34.3 Å². The van der Waals surface area contributed by atoms with E-state index in [1.165, 1.54) is 12.1 Å². The molecular weight excluding hydrogens is 596 g/mol. The van der Waals surface area contributed by atoms with Gasteiger partial charge in [0.25, 0.3) is 0 Å². The van der Waals surface area contributed by atoms with E-state index in [4.69, 9.17) is 23.4 Å². The number of carbonyl (C=O) groups is 1. The maximum Gasteiger partial charge on any atom is 0.335 e. The molecule has 0 bridgehead atoms. The number of phenols is 2. The van der Waals surface area contributed by atoms with E-state index >= 15 is 0 Å². The molecule has 17 nitrogen and oxygen atoms in total. The maximum absolute atomic E-state index is 12.9. The summed E-state index contributed by atoms with van der Waals surface area (Å²) >= 11 is 0. The van der Waals surface area contributed by atoms with Crippen LogP contribution in [0.15, 0.2) is 45.6 Å². The summed E-state index contributed by atoms with van der Waals surface area (Å²) in [5.41, 5.74) is -0.861. The molecule has 44 heavy (non-hydrogen) atoms. The van der Waals surface area contributed by atoms with E-state index in [2.05, 4.69) is 0 Å². The molecule has 0 saturated carbocycles. The summed E-state index contributed by atoms with van der Waals surface area (Å²) < 4.78 is 27.1. The van der Waals surface area contributed by atoms with Crippen LogP contribution in [-0.4, -0.2) is 125 Å². The second-order valence-electron chi connectivity index (χ2n) is 10.1. The van der Waals surface area contributed by atoms with Crippen molar-refractivity contribution in [2.75, 3.05) is 6.61 Å². The van der Waals surface area contributed by atoms with Gasteiger partial charge in [-0.05, 0) is 18.2 Å². The third kappa shape index (κ3) is 5.75. The highest BCUT2D eigenvalue weighted by molar-refractivity contribution is 5.86. The number of aromatic hydroxyl groups is 2. The van der Waals surface area contributed by atoms with Gasteiger partial charge in [-0.3, -0.25) is 4.79 Å². The number of rotatable bonds is 7. The van der Waals surface area contributed by atoms with Crippen LogP contribution in [0.3, 0.4) is 0 Å². The molecule has 5 rings (SSSR count). The third-order valence-electron chi connectivity index (χ3n) is 7.18. The van der Waals surface area contributed by atoms with E-state index in [1.807, 2.05) is 0 Å². The Kier molecular flexibility index (Phi) is 8.67. The number of fused-ring (bicyclic) bond motifs is 1. The first kappa shape index (κ1) is 31.4. The van der Waals surface area contributed by atoms with Crippen LogP contribution in [0.1, 0.15) is 0 Å². The van der Waals surface area contributed by atoms with E-state index in [0.29, 0.717) is 0 Å². The van der Waals surface area contributed by atoms with Crippen LogP contribution in [0, 0.1) is 0 Å². The van der Waals surface area contributed by atoms with E-state index in [0.717, 1.165) is 24.3 Å². The SMILES string of the molecule is O=C(O)[C@@H]1O[C@@H](Oc2cc(O)c3c(=O)cc(-c4ccc(O)c(O[C@H]5O[C@@H](CO)[C@H](O)[C@H](O)[C@@H]5O)c4)oc3c2)[C@@H](O)[C@H](O)[C@H]1O. The van der Waals surface area contributed by atoms with E-state index < -0.39 is 90.9 Å². The monoisotopic (exact) mass is 624 g/mol. The van der Waals surface area contributed by atoms with Crippen molar-refractivity contribution in [2.24, 2.45) is 0 Å². The van der Waals surface area contributed by atoms with Crippen LogP contribution in [0.25, 0.3) is 22.3 Å². The van der Waals surface area contributed by atoms with E-state index in [-0.39, 0.29) is 33.8 Å². The van der Waals surface area contributed by atoms with E-state index in [1.54, 1.807) is 0 Å². The number of benzene rings is 2. The van der Waals surface area contributed by atoms with Gasteiger partial charge in [-0.25, -0.2) is 4.79 Å². The molecule has 2 fully saturated rings. The normalized spacial score (nSPS) is 32.3. The molecule has 10 N–H and O–H groups in total. The standard InChI is InChI=1S/C27H28O17/c28-7-16-18(32)19(33)22(36)27(43-16)42-14-3-8(1-2-10(14)29)13-6-12(31)17-11(30)4-9(5-15(17)41-13)40-26-23(37)20(34)21(35)24(44-26)25(38)39/h1-6,16,18-24,26-30,32-37H,7H2,(H,38,39)/t16-,18-,19-,20+,21+,22-,23-,24+,26+,27-/m0/s1. The zero-order valence-electron chi connectivity index (χ0n) is 22.3. The highest BCUT2D eigenvalue weighted by atomic mass is 16.7. The molecule has 0 amide bonds. The Labute approximate surface area is 245 Å². The summed E-state index contributed by atoms with van der Waals surface area (Å²) in [6, 6.07) is 6.73. The average Bonchev–Trinajstić information content (AvgIpc) is 2.98. The summed E-state index contributed by atoms with van der Waals surface area (Å²) in [6.07, 6.45) is -17.7. The Morgan fingerprint density at radius 2 is 1.43 bits per heavy atom. The van der Waals surface area contributed by atoms with Gasteiger partial charge in [-0.1, -0.05) is 0 Å². The van der Waals surface area contributed by atoms with Gasteiger partial charge in [-0.2, -0.15) is 0 Å². The molecular formula is C27H28O17. The Morgan fingerprint density at radius 1 is 0.773 bits per heavy atom. The Hall–Kier alpha value is -4.04. The minimum Gasteiger partial charge on any atom is -0.507 e. The first-order chi connectivity index (χ1) is 20.8. The van der Waals surface area contributed by atoms with Gasteiger partial charge < -0.3 is 74.4 Å². The van der Waals surface area contributed by atoms with Crippen molar-refractivity contribution >= 4 is 16.9 Å². The van der Waals surface area contributed by atoms with Gasteiger partial charge in [0.2, 0.25) is 12.6 Å². The number of aliphatic carboxylic acids is 1. The summed E-state index contributed by atoms with van der Waals surface area (Å²) in [5, 5.41) is 99.6. The van der Waals surface area contributed by atoms with Crippen LogP contribution in [0.4, 0.5) is 0 Å². The average molecular weight is 625 g/mol. The second kappa shape index (κ2) is 12.2. The molecule has 2 aliphatic heterocycles. The third-order valence-corrected chi connectivity index (χ3v) is 7.18. The molecule has 3 aromatic rings. The van der Waals surface area contributed by atoms with Crippen LogP contribution < -0.4 is 14.9 Å². The Bertz CT molecular complexity index is 1590. The lowest BCUT2D eigenvalue weighted by molar-refractivity contribution is -0.277. The highest BCUT2D eigenvalue weighted by Gasteiger charge is 2.48. The van der Waals surface area contributed by atoms with E-state index in [9.17, 15) is 60.7 Å². The molecule has 10 atom stereocenters. The van der Waals surface area contributed by atoms with Gasteiger partial charge in [0, 0.05) is 23.8 Å². The van der Waals surface area contributed by atoms with Gasteiger partial charge in [0.1, 0.15) is 71.0 Å². The molecule has 0 spiro atoms. The van der Waals surface area contributed by atoms with Crippen molar-refractivity contribution in [3.63, 3.8) is 0 Å². The van der Waals surface area contributed by atoms with Crippen molar-refractivity contribution < 1.29 is 79.2 Å². The van der Waals surface area contributed by atoms with Crippen LogP contribution in [-0.2, 0) is 14.3 Å². The van der Waals surface area contributed by atoms with Crippen molar-refractivity contribution in [1.29, 1.82) is 0 Å². The molecule has 3 heterocycles. The molecule has 238 valence electrons. The highest BCUT2D eigenvalue weighted by Crippen LogP contribution is 2.37. The topological polar surface area (TPSA) is 286 Å².